The standard InChI is InChI=1S/C10H13NO4/c1-7(2)11(5-9(12)13)10(14)8-3-4-15-6-8/h3-4,6-7H,5H2,1-2H3,(H,12,13). The Kier molecular flexibility index (Phi) is 3.49. The molecule has 15 heavy (non-hydrogen) atoms. The largest absolute Gasteiger partial charge is 0.480 e. The molecule has 0 unspecified atom stereocenters. The van der Waals surface area contributed by atoms with Crippen LogP contribution in [0.25, 0.3) is 0 Å². The van der Waals surface area contributed by atoms with Crippen molar-refractivity contribution in [2.75, 3.05) is 6.54 Å². The lowest BCUT2D eigenvalue weighted by Gasteiger charge is -2.24. The second kappa shape index (κ2) is 4.63. The Hall–Kier alpha value is -1.78. The fraction of sp³-hybridized carbons (Fsp3) is 0.400. The number of carbonyl (C=O) groups excluding carboxylic acids is 1. The van der Waals surface area contributed by atoms with Crippen molar-refractivity contribution in [3.8, 4) is 0 Å². The van der Waals surface area contributed by atoms with Gasteiger partial charge in [-0.1, -0.05) is 0 Å². The van der Waals surface area contributed by atoms with Gasteiger partial charge >= 0.3 is 5.97 Å². The summed E-state index contributed by atoms with van der Waals surface area (Å²) in [6.07, 6.45) is 2.69. The van der Waals surface area contributed by atoms with Crippen LogP contribution in [0.2, 0.25) is 0 Å². The second-order valence-electron chi connectivity index (χ2n) is 3.43. The quantitative estimate of drug-likeness (QED) is 0.812. The van der Waals surface area contributed by atoms with Gasteiger partial charge in [0.15, 0.2) is 0 Å². The molecular weight excluding hydrogens is 198 g/mol. The van der Waals surface area contributed by atoms with E-state index in [4.69, 9.17) is 9.52 Å². The molecule has 1 amide bonds. The van der Waals surface area contributed by atoms with Gasteiger partial charge in [-0.3, -0.25) is 9.59 Å². The number of aliphatic carboxylic acids is 1. The van der Waals surface area contributed by atoms with Crippen LogP contribution in [0.3, 0.4) is 0 Å². The van der Waals surface area contributed by atoms with Crippen molar-refractivity contribution in [2.24, 2.45) is 0 Å². The first kappa shape index (κ1) is 11.3. The average Bonchev–Trinajstić information content (AvgIpc) is 2.65. The lowest BCUT2D eigenvalue weighted by atomic mass is 10.2. The summed E-state index contributed by atoms with van der Waals surface area (Å²) in [5, 5.41) is 8.66. The third-order valence-electron chi connectivity index (χ3n) is 1.96. The Balaban J connectivity index is 2.81. The summed E-state index contributed by atoms with van der Waals surface area (Å²) in [6, 6.07) is 1.35. The Morgan fingerprint density at radius 2 is 2.20 bits per heavy atom. The van der Waals surface area contributed by atoms with Gasteiger partial charge < -0.3 is 14.4 Å². The molecule has 1 aromatic heterocycles. The summed E-state index contributed by atoms with van der Waals surface area (Å²) in [4.78, 5) is 23.6. The highest BCUT2D eigenvalue weighted by molar-refractivity contribution is 5.95. The van der Waals surface area contributed by atoms with Crippen LogP contribution >= 0.6 is 0 Å². The van der Waals surface area contributed by atoms with Gasteiger partial charge in [-0.2, -0.15) is 0 Å². The summed E-state index contributed by atoms with van der Waals surface area (Å²) < 4.78 is 4.78. The number of amides is 1. The van der Waals surface area contributed by atoms with Gasteiger partial charge in [0.05, 0.1) is 11.8 Å². The van der Waals surface area contributed by atoms with E-state index in [0.29, 0.717) is 5.56 Å². The molecule has 0 spiro atoms. The van der Waals surface area contributed by atoms with Gasteiger partial charge in [0.2, 0.25) is 0 Å². The minimum absolute atomic E-state index is 0.163. The molecule has 82 valence electrons. The number of hydrogen-bond acceptors (Lipinski definition) is 3. The minimum Gasteiger partial charge on any atom is -0.480 e. The van der Waals surface area contributed by atoms with E-state index in [9.17, 15) is 9.59 Å². The van der Waals surface area contributed by atoms with E-state index < -0.39 is 5.97 Å². The molecule has 1 aromatic rings. The molecule has 0 aliphatic rings. The van der Waals surface area contributed by atoms with E-state index in [1.54, 1.807) is 13.8 Å². The first-order chi connectivity index (χ1) is 7.02. The number of rotatable bonds is 4. The molecule has 0 aliphatic carbocycles. The monoisotopic (exact) mass is 211 g/mol. The highest BCUT2D eigenvalue weighted by Gasteiger charge is 2.21. The maximum Gasteiger partial charge on any atom is 0.323 e. The third kappa shape index (κ3) is 2.83. The Morgan fingerprint density at radius 3 is 2.60 bits per heavy atom. The van der Waals surface area contributed by atoms with E-state index in [1.165, 1.54) is 23.5 Å². The molecule has 5 heteroatoms. The van der Waals surface area contributed by atoms with Gasteiger partial charge in [-0.15, -0.1) is 0 Å². The fourth-order valence-corrected chi connectivity index (χ4v) is 1.19. The van der Waals surface area contributed by atoms with Gasteiger partial charge in [0.1, 0.15) is 12.8 Å². The molecule has 1 N–H and O–H groups in total. The molecule has 0 saturated carbocycles. The van der Waals surface area contributed by atoms with E-state index >= 15 is 0 Å². The molecule has 0 aliphatic heterocycles. The van der Waals surface area contributed by atoms with Crippen molar-refractivity contribution in [1.82, 2.24) is 4.90 Å². The maximum absolute atomic E-state index is 11.8. The van der Waals surface area contributed by atoms with E-state index in [2.05, 4.69) is 0 Å². The van der Waals surface area contributed by atoms with Crippen LogP contribution < -0.4 is 0 Å². The molecule has 0 aromatic carbocycles. The predicted molar refractivity (Wildman–Crippen MR) is 52.5 cm³/mol. The van der Waals surface area contributed by atoms with E-state index in [1.807, 2.05) is 0 Å². The van der Waals surface area contributed by atoms with Gasteiger partial charge in [-0.05, 0) is 19.9 Å². The van der Waals surface area contributed by atoms with Crippen LogP contribution in [0.4, 0.5) is 0 Å². The van der Waals surface area contributed by atoms with Crippen molar-refractivity contribution in [2.45, 2.75) is 19.9 Å². The number of furan rings is 1. The molecule has 0 atom stereocenters. The molecule has 0 bridgehead atoms. The number of carbonyl (C=O) groups is 2. The van der Waals surface area contributed by atoms with Crippen LogP contribution in [-0.2, 0) is 4.79 Å². The molecule has 5 nitrogen and oxygen atoms in total. The zero-order valence-electron chi connectivity index (χ0n) is 8.64. The summed E-state index contributed by atoms with van der Waals surface area (Å²) >= 11 is 0. The van der Waals surface area contributed by atoms with E-state index in [0.717, 1.165) is 0 Å². The summed E-state index contributed by atoms with van der Waals surface area (Å²) in [5.74, 6) is -1.36. The van der Waals surface area contributed by atoms with Gasteiger partial charge in [0.25, 0.3) is 5.91 Å². The average molecular weight is 211 g/mol. The van der Waals surface area contributed by atoms with Crippen LogP contribution in [0.15, 0.2) is 23.0 Å². The number of hydrogen-bond donors (Lipinski definition) is 1. The summed E-state index contributed by atoms with van der Waals surface area (Å²) in [5.41, 5.74) is 0.366. The lowest BCUT2D eigenvalue weighted by molar-refractivity contribution is -0.138. The molecule has 0 fully saturated rings. The Bertz CT molecular complexity index is 342. The second-order valence-corrected chi connectivity index (χ2v) is 3.43. The van der Waals surface area contributed by atoms with Gasteiger partial charge in [-0.25, -0.2) is 0 Å². The molecule has 0 radical (unpaired) electrons. The first-order valence-corrected chi connectivity index (χ1v) is 4.57. The molecule has 1 rings (SSSR count). The van der Waals surface area contributed by atoms with Crippen molar-refractivity contribution in [1.29, 1.82) is 0 Å². The van der Waals surface area contributed by atoms with Crippen molar-refractivity contribution in [3.05, 3.63) is 24.2 Å². The molecule has 1 heterocycles. The van der Waals surface area contributed by atoms with Crippen molar-refractivity contribution in [3.63, 3.8) is 0 Å². The van der Waals surface area contributed by atoms with Crippen LogP contribution in [0.1, 0.15) is 24.2 Å². The molecular formula is C10H13NO4. The van der Waals surface area contributed by atoms with Crippen molar-refractivity contribution < 1.29 is 19.1 Å². The lowest BCUT2D eigenvalue weighted by Crippen LogP contribution is -2.40. The Labute approximate surface area is 87.3 Å². The minimum atomic E-state index is -1.03. The number of carboxylic acids is 1. The normalized spacial score (nSPS) is 10.3. The summed E-state index contributed by atoms with van der Waals surface area (Å²) in [7, 11) is 0. The van der Waals surface area contributed by atoms with E-state index in [-0.39, 0.29) is 18.5 Å². The van der Waals surface area contributed by atoms with Crippen molar-refractivity contribution >= 4 is 11.9 Å². The fourth-order valence-electron chi connectivity index (χ4n) is 1.19. The summed E-state index contributed by atoms with van der Waals surface area (Å²) in [6.45, 7) is 3.23. The smallest absolute Gasteiger partial charge is 0.323 e. The predicted octanol–water partition coefficient (Wildman–Crippen LogP) is 1.21. The van der Waals surface area contributed by atoms with Crippen LogP contribution in [0, 0.1) is 0 Å². The zero-order chi connectivity index (χ0) is 11.4. The molecule has 0 saturated heterocycles. The third-order valence-corrected chi connectivity index (χ3v) is 1.96. The number of carboxylic acid groups (broad SMARTS) is 1. The Morgan fingerprint density at radius 1 is 1.53 bits per heavy atom. The maximum atomic E-state index is 11.8. The number of nitrogens with zero attached hydrogens (tertiary/aromatic N) is 1. The van der Waals surface area contributed by atoms with Gasteiger partial charge in [0, 0.05) is 6.04 Å². The topological polar surface area (TPSA) is 70.8 Å². The first-order valence-electron chi connectivity index (χ1n) is 4.57. The highest BCUT2D eigenvalue weighted by Crippen LogP contribution is 2.08. The zero-order valence-corrected chi connectivity index (χ0v) is 8.64. The SMILES string of the molecule is CC(C)N(CC(=O)O)C(=O)c1ccoc1. The van der Waals surface area contributed by atoms with Crippen LogP contribution in [0.5, 0.6) is 0 Å². The highest BCUT2D eigenvalue weighted by atomic mass is 16.4. The van der Waals surface area contributed by atoms with Crippen LogP contribution in [-0.4, -0.2) is 34.5 Å².